The van der Waals surface area contributed by atoms with Crippen molar-refractivity contribution in [2.45, 2.75) is 0 Å². The Morgan fingerprint density at radius 1 is 0.349 bits per heavy atom. The minimum atomic E-state index is 0.888. The van der Waals surface area contributed by atoms with E-state index in [4.69, 9.17) is 4.42 Å². The highest BCUT2D eigenvalue weighted by Gasteiger charge is 2.26. The van der Waals surface area contributed by atoms with Gasteiger partial charge in [-0.2, -0.15) is 0 Å². The maximum absolute atomic E-state index is 6.64. The van der Waals surface area contributed by atoms with Crippen LogP contribution in [0.15, 0.2) is 247 Å². The van der Waals surface area contributed by atoms with E-state index < -0.39 is 0 Å². The summed E-state index contributed by atoms with van der Waals surface area (Å²) in [6, 6.07) is 87.2. The van der Waals surface area contributed by atoms with Crippen LogP contribution in [0.5, 0.6) is 0 Å². The quantitative estimate of drug-likeness (QED) is 0.153. The predicted molar refractivity (Wildman–Crippen MR) is 264 cm³/mol. The second kappa shape index (κ2) is 15.3. The maximum atomic E-state index is 6.64. The van der Waals surface area contributed by atoms with Gasteiger partial charge in [0, 0.05) is 44.0 Å². The molecule has 0 atom stereocenters. The molecule has 0 saturated heterocycles. The van der Waals surface area contributed by atoms with Crippen molar-refractivity contribution < 1.29 is 4.42 Å². The van der Waals surface area contributed by atoms with Crippen LogP contribution in [-0.2, 0) is 0 Å². The lowest BCUT2D eigenvalue weighted by molar-refractivity contribution is 0.670. The SMILES string of the molecule is c1ccc(-c2ccccc2-c2c(-c3ccccc3)cccc2N(c2cccc(-c3cccc4c3oc3ccccc34)c2)c2cccc3c2c2ccccc2n3-c2ccccc2)cc1. The fourth-order valence-electron chi connectivity index (χ4n) is 9.68. The lowest BCUT2D eigenvalue weighted by Gasteiger charge is -2.31. The van der Waals surface area contributed by atoms with Gasteiger partial charge in [-0.1, -0.05) is 188 Å². The Morgan fingerprint density at radius 3 is 1.70 bits per heavy atom. The van der Waals surface area contributed by atoms with Gasteiger partial charge >= 0.3 is 0 Å². The molecule has 0 unspecified atom stereocenters. The Bertz CT molecular complexity index is 3620. The van der Waals surface area contributed by atoms with Crippen LogP contribution in [0, 0.1) is 0 Å². The van der Waals surface area contributed by atoms with Crippen molar-refractivity contribution in [3.8, 4) is 50.2 Å². The topological polar surface area (TPSA) is 21.3 Å². The number of rotatable bonds is 8. The normalized spacial score (nSPS) is 11.5. The number of nitrogens with zero attached hydrogens (tertiary/aromatic N) is 2. The number of furan rings is 1. The number of para-hydroxylation sites is 4. The Labute approximate surface area is 366 Å². The lowest BCUT2D eigenvalue weighted by atomic mass is 9.87. The first-order valence-electron chi connectivity index (χ1n) is 21.5. The summed E-state index contributed by atoms with van der Waals surface area (Å²) in [6.45, 7) is 0. The molecule has 0 radical (unpaired) electrons. The molecule has 0 saturated carbocycles. The highest BCUT2D eigenvalue weighted by atomic mass is 16.3. The van der Waals surface area contributed by atoms with Gasteiger partial charge in [-0.3, -0.25) is 0 Å². The van der Waals surface area contributed by atoms with Crippen molar-refractivity contribution in [3.63, 3.8) is 0 Å². The molecule has 0 spiro atoms. The van der Waals surface area contributed by atoms with Gasteiger partial charge in [0.05, 0.1) is 22.4 Å². The predicted octanol–water partition coefficient (Wildman–Crippen LogP) is 16.8. The third-order valence-electron chi connectivity index (χ3n) is 12.4. The van der Waals surface area contributed by atoms with Crippen molar-refractivity contribution in [1.29, 1.82) is 0 Å². The Morgan fingerprint density at radius 2 is 0.889 bits per heavy atom. The molecule has 0 N–H and O–H groups in total. The van der Waals surface area contributed by atoms with Crippen LogP contribution < -0.4 is 4.90 Å². The molecule has 63 heavy (non-hydrogen) atoms. The first-order chi connectivity index (χ1) is 31.3. The monoisotopic (exact) mass is 804 g/mol. The number of aromatic nitrogens is 1. The molecule has 0 aliphatic carbocycles. The molecular formula is C60H40N2O. The van der Waals surface area contributed by atoms with E-state index in [0.29, 0.717) is 0 Å². The molecule has 10 aromatic carbocycles. The zero-order chi connectivity index (χ0) is 41.7. The second-order valence-electron chi connectivity index (χ2n) is 16.0. The zero-order valence-electron chi connectivity index (χ0n) is 34.4. The molecule has 3 heteroatoms. The van der Waals surface area contributed by atoms with Crippen molar-refractivity contribution in [2.24, 2.45) is 0 Å². The van der Waals surface area contributed by atoms with Crippen LogP contribution in [0.4, 0.5) is 17.1 Å². The van der Waals surface area contributed by atoms with Crippen molar-refractivity contribution in [3.05, 3.63) is 243 Å². The average Bonchev–Trinajstić information content (AvgIpc) is 3.92. The van der Waals surface area contributed by atoms with Gasteiger partial charge in [0.25, 0.3) is 0 Å². The van der Waals surface area contributed by atoms with Gasteiger partial charge in [0.15, 0.2) is 0 Å². The summed E-state index contributed by atoms with van der Waals surface area (Å²) in [5, 5.41) is 4.59. The number of benzene rings is 10. The highest BCUT2D eigenvalue weighted by molar-refractivity contribution is 6.18. The fourth-order valence-corrected chi connectivity index (χ4v) is 9.68. The van der Waals surface area contributed by atoms with Crippen LogP contribution in [0.3, 0.4) is 0 Å². The fraction of sp³-hybridized carbons (Fsp3) is 0. The van der Waals surface area contributed by atoms with Crippen LogP contribution in [0.1, 0.15) is 0 Å². The van der Waals surface area contributed by atoms with Gasteiger partial charge in [0.1, 0.15) is 11.2 Å². The lowest BCUT2D eigenvalue weighted by Crippen LogP contribution is -2.12. The highest BCUT2D eigenvalue weighted by Crippen LogP contribution is 2.51. The third-order valence-corrected chi connectivity index (χ3v) is 12.4. The van der Waals surface area contributed by atoms with Crippen LogP contribution in [0.25, 0.3) is 93.9 Å². The van der Waals surface area contributed by atoms with E-state index in [-0.39, 0.29) is 0 Å². The van der Waals surface area contributed by atoms with Gasteiger partial charge in [-0.15, -0.1) is 0 Å². The van der Waals surface area contributed by atoms with Gasteiger partial charge in [-0.05, 0) is 88.0 Å². The van der Waals surface area contributed by atoms with Crippen LogP contribution in [0.2, 0.25) is 0 Å². The van der Waals surface area contributed by atoms with E-state index in [1.165, 1.54) is 21.9 Å². The van der Waals surface area contributed by atoms with E-state index in [0.717, 1.165) is 89.1 Å². The van der Waals surface area contributed by atoms with E-state index in [1.54, 1.807) is 0 Å². The van der Waals surface area contributed by atoms with E-state index in [9.17, 15) is 0 Å². The number of anilines is 3. The summed E-state index contributed by atoms with van der Waals surface area (Å²) in [4.78, 5) is 2.50. The van der Waals surface area contributed by atoms with Crippen LogP contribution >= 0.6 is 0 Å². The second-order valence-corrected chi connectivity index (χ2v) is 16.0. The summed E-state index contributed by atoms with van der Waals surface area (Å²) in [6.07, 6.45) is 0. The average molecular weight is 805 g/mol. The van der Waals surface area contributed by atoms with Gasteiger partial charge < -0.3 is 13.9 Å². The van der Waals surface area contributed by atoms with Crippen molar-refractivity contribution in [2.75, 3.05) is 4.90 Å². The maximum Gasteiger partial charge on any atom is 0.143 e. The molecule has 0 aliphatic rings. The largest absolute Gasteiger partial charge is 0.455 e. The smallest absolute Gasteiger partial charge is 0.143 e. The molecule has 0 bridgehead atoms. The molecule has 0 fully saturated rings. The van der Waals surface area contributed by atoms with E-state index >= 15 is 0 Å². The Hall–Kier alpha value is -8.40. The Kier molecular flexibility index (Phi) is 8.83. The van der Waals surface area contributed by atoms with Crippen molar-refractivity contribution in [1.82, 2.24) is 4.57 Å². The number of fused-ring (bicyclic) bond motifs is 6. The van der Waals surface area contributed by atoms with Crippen molar-refractivity contribution >= 4 is 60.8 Å². The minimum Gasteiger partial charge on any atom is -0.455 e. The summed E-state index contributed by atoms with van der Waals surface area (Å²) in [7, 11) is 0. The molecular weight excluding hydrogens is 765 g/mol. The van der Waals surface area contributed by atoms with Gasteiger partial charge in [0.2, 0.25) is 0 Å². The summed E-state index contributed by atoms with van der Waals surface area (Å²) in [5.74, 6) is 0. The molecule has 3 nitrogen and oxygen atoms in total. The standard InChI is InChI=1S/C60H40N2O/c1-4-20-41(21-5-1)46-28-10-11-30-50(46)58-47(42-22-6-2-7-23-42)32-18-36-54(58)62(45-27-16-24-43(40-45)48-33-17-34-51-49-29-13-15-39-57(49)63-60(48)51)56-38-19-37-55-59(56)52-31-12-14-35-53(52)61(55)44-25-8-3-9-26-44/h1-40H. The van der Waals surface area contributed by atoms with E-state index in [1.807, 2.05) is 6.07 Å². The van der Waals surface area contributed by atoms with Crippen LogP contribution in [-0.4, -0.2) is 4.57 Å². The molecule has 2 heterocycles. The number of hydrogen-bond acceptors (Lipinski definition) is 2. The molecule has 12 aromatic rings. The summed E-state index contributed by atoms with van der Waals surface area (Å²) < 4.78 is 9.04. The molecule has 2 aromatic heterocycles. The first-order valence-corrected chi connectivity index (χ1v) is 21.5. The Balaban J connectivity index is 1.19. The minimum absolute atomic E-state index is 0.888. The molecule has 296 valence electrons. The number of hydrogen-bond donors (Lipinski definition) is 0. The molecule has 12 rings (SSSR count). The van der Waals surface area contributed by atoms with Gasteiger partial charge in [-0.25, -0.2) is 0 Å². The first kappa shape index (κ1) is 36.5. The molecule has 0 aliphatic heterocycles. The summed E-state index contributed by atoms with van der Waals surface area (Å²) in [5.41, 5.74) is 17.5. The molecule has 0 amide bonds. The summed E-state index contributed by atoms with van der Waals surface area (Å²) >= 11 is 0. The third kappa shape index (κ3) is 6.13. The zero-order valence-corrected chi connectivity index (χ0v) is 34.4. The van der Waals surface area contributed by atoms with E-state index in [2.05, 4.69) is 246 Å².